The Balaban J connectivity index is 2.24. The van der Waals surface area contributed by atoms with Crippen molar-refractivity contribution in [1.82, 2.24) is 0 Å². The quantitative estimate of drug-likeness (QED) is 0.491. The lowest BCUT2D eigenvalue weighted by Gasteiger charge is -2.30. The Morgan fingerprint density at radius 3 is 2.33 bits per heavy atom. The third-order valence-electron chi connectivity index (χ3n) is 3.98. The van der Waals surface area contributed by atoms with Crippen molar-refractivity contribution < 1.29 is 4.43 Å². The monoisotopic (exact) mass is 228 g/mol. The molecule has 0 aromatic heterocycles. The van der Waals surface area contributed by atoms with Gasteiger partial charge in [0.25, 0.3) is 0 Å². The topological polar surface area (TPSA) is 9.23 Å². The summed E-state index contributed by atoms with van der Waals surface area (Å²) < 4.78 is 5.81. The Morgan fingerprint density at radius 1 is 1.13 bits per heavy atom. The summed E-state index contributed by atoms with van der Waals surface area (Å²) in [5, 5.41) is 0. The number of hydrogen-bond donors (Lipinski definition) is 0. The minimum atomic E-state index is -0.853. The van der Waals surface area contributed by atoms with Gasteiger partial charge in [-0.3, -0.25) is 0 Å². The summed E-state index contributed by atoms with van der Waals surface area (Å²) in [4.78, 5) is 0. The number of hydrogen-bond acceptors (Lipinski definition) is 1. The van der Waals surface area contributed by atoms with Crippen LogP contribution in [0.5, 0.6) is 0 Å². The lowest BCUT2D eigenvalue weighted by Crippen LogP contribution is -2.26. The van der Waals surface area contributed by atoms with Crippen molar-refractivity contribution in [2.24, 2.45) is 5.92 Å². The highest BCUT2D eigenvalue weighted by Crippen LogP contribution is 2.36. The van der Waals surface area contributed by atoms with Gasteiger partial charge in [-0.15, -0.1) is 0 Å². The van der Waals surface area contributed by atoms with E-state index in [9.17, 15) is 0 Å². The van der Waals surface area contributed by atoms with E-state index in [0.29, 0.717) is 0 Å². The van der Waals surface area contributed by atoms with Gasteiger partial charge in [-0.25, -0.2) is 0 Å². The molecule has 1 unspecified atom stereocenters. The molecule has 0 saturated heterocycles. The second kappa shape index (κ2) is 7.45. The number of unbranched alkanes of at least 4 members (excludes halogenated alkanes) is 2. The van der Waals surface area contributed by atoms with Crippen LogP contribution in [0.4, 0.5) is 0 Å². The molecule has 0 N–H and O–H groups in total. The average Bonchev–Trinajstić information content (AvgIpc) is 2.26. The van der Waals surface area contributed by atoms with Gasteiger partial charge in [0.05, 0.1) is 0 Å². The van der Waals surface area contributed by atoms with Crippen LogP contribution in [0.25, 0.3) is 0 Å². The minimum Gasteiger partial charge on any atom is -0.423 e. The van der Waals surface area contributed by atoms with Gasteiger partial charge in [0.1, 0.15) is 0 Å². The highest BCUT2D eigenvalue weighted by Gasteiger charge is 2.27. The Labute approximate surface area is 97.3 Å². The third-order valence-corrected chi connectivity index (χ3v) is 7.28. The van der Waals surface area contributed by atoms with Crippen LogP contribution in [0.15, 0.2) is 0 Å². The zero-order chi connectivity index (χ0) is 11.1. The van der Waals surface area contributed by atoms with E-state index in [1.54, 1.807) is 0 Å². The van der Waals surface area contributed by atoms with E-state index in [4.69, 9.17) is 4.43 Å². The predicted octanol–water partition coefficient (Wildman–Crippen LogP) is 4.13. The Hall–Kier alpha value is 0.177. The van der Waals surface area contributed by atoms with Crippen LogP contribution in [0.2, 0.25) is 11.6 Å². The molecule has 0 bridgehead atoms. The van der Waals surface area contributed by atoms with E-state index in [1.165, 1.54) is 51.0 Å². The lowest BCUT2D eigenvalue weighted by molar-refractivity contribution is 0.338. The fraction of sp³-hybridized carbons (Fsp3) is 1.00. The van der Waals surface area contributed by atoms with Crippen LogP contribution in [-0.2, 0) is 4.43 Å². The van der Waals surface area contributed by atoms with Gasteiger partial charge >= 0.3 is 0 Å². The van der Waals surface area contributed by atoms with Crippen molar-refractivity contribution in [3.8, 4) is 0 Å². The van der Waals surface area contributed by atoms with Crippen LogP contribution >= 0.6 is 0 Å². The van der Waals surface area contributed by atoms with Crippen LogP contribution in [0.3, 0.4) is 0 Å². The molecule has 1 rings (SSSR count). The van der Waals surface area contributed by atoms with Gasteiger partial charge in [0, 0.05) is 7.11 Å². The van der Waals surface area contributed by atoms with Gasteiger partial charge in [-0.1, -0.05) is 58.8 Å². The molecule has 1 nitrogen and oxygen atoms in total. The molecule has 0 heterocycles. The first-order valence-electron chi connectivity index (χ1n) is 6.80. The molecule has 0 amide bonds. The Bertz CT molecular complexity index is 153. The van der Waals surface area contributed by atoms with Gasteiger partial charge in [-0.05, 0) is 17.5 Å². The van der Waals surface area contributed by atoms with Crippen molar-refractivity contribution >= 4 is 9.04 Å². The van der Waals surface area contributed by atoms with E-state index >= 15 is 0 Å². The third kappa shape index (κ3) is 4.69. The molecule has 15 heavy (non-hydrogen) atoms. The summed E-state index contributed by atoms with van der Waals surface area (Å²) in [5.41, 5.74) is 0.989. The summed E-state index contributed by atoms with van der Waals surface area (Å²) in [5.74, 6) is 0.975. The molecule has 1 aliphatic carbocycles. The fourth-order valence-corrected chi connectivity index (χ4v) is 5.71. The summed E-state index contributed by atoms with van der Waals surface area (Å²) in [6, 6.07) is 1.42. The SMILES string of the molecule is CCCCC[SiH](OC)C1CCC(C)CC1. The van der Waals surface area contributed by atoms with E-state index in [2.05, 4.69) is 13.8 Å². The fourth-order valence-electron chi connectivity index (χ4n) is 2.80. The second-order valence-electron chi connectivity index (χ2n) is 5.29. The van der Waals surface area contributed by atoms with E-state index in [0.717, 1.165) is 11.5 Å². The molecule has 2 heteroatoms. The van der Waals surface area contributed by atoms with Crippen molar-refractivity contribution in [3.63, 3.8) is 0 Å². The van der Waals surface area contributed by atoms with E-state index in [1.807, 2.05) is 7.11 Å². The first kappa shape index (κ1) is 13.2. The highest BCUT2D eigenvalue weighted by molar-refractivity contribution is 6.53. The van der Waals surface area contributed by atoms with Gasteiger partial charge in [0.2, 0.25) is 0 Å². The molecule has 1 atom stereocenters. The van der Waals surface area contributed by atoms with Gasteiger partial charge in [-0.2, -0.15) is 0 Å². The molecular formula is C13H28OSi. The second-order valence-corrected chi connectivity index (χ2v) is 8.36. The predicted molar refractivity (Wildman–Crippen MR) is 69.9 cm³/mol. The lowest BCUT2D eigenvalue weighted by atomic mass is 9.90. The summed E-state index contributed by atoms with van der Waals surface area (Å²) in [6.45, 7) is 4.68. The van der Waals surface area contributed by atoms with Crippen LogP contribution < -0.4 is 0 Å². The Morgan fingerprint density at radius 2 is 1.80 bits per heavy atom. The van der Waals surface area contributed by atoms with Crippen LogP contribution in [-0.4, -0.2) is 16.2 Å². The zero-order valence-electron chi connectivity index (χ0n) is 10.8. The average molecular weight is 228 g/mol. The largest absolute Gasteiger partial charge is 0.423 e. The summed E-state index contributed by atoms with van der Waals surface area (Å²) >= 11 is 0. The molecule has 1 aliphatic rings. The van der Waals surface area contributed by atoms with E-state index in [-0.39, 0.29) is 0 Å². The summed E-state index contributed by atoms with van der Waals surface area (Å²) in [6.07, 6.45) is 9.96. The van der Waals surface area contributed by atoms with Crippen molar-refractivity contribution in [2.45, 2.75) is 70.4 Å². The molecule has 0 aromatic rings. The maximum Gasteiger partial charge on any atom is 0.179 e. The molecule has 1 fully saturated rings. The van der Waals surface area contributed by atoms with E-state index < -0.39 is 9.04 Å². The smallest absolute Gasteiger partial charge is 0.179 e. The van der Waals surface area contributed by atoms with Crippen molar-refractivity contribution in [2.75, 3.05) is 7.11 Å². The first-order chi connectivity index (χ1) is 7.27. The number of rotatable bonds is 6. The summed E-state index contributed by atoms with van der Waals surface area (Å²) in [7, 11) is 1.11. The van der Waals surface area contributed by atoms with Crippen LogP contribution in [0.1, 0.15) is 58.8 Å². The highest BCUT2D eigenvalue weighted by atomic mass is 28.3. The molecule has 0 aliphatic heterocycles. The molecule has 1 saturated carbocycles. The zero-order valence-corrected chi connectivity index (χ0v) is 12.0. The molecule has 0 radical (unpaired) electrons. The first-order valence-corrected chi connectivity index (χ1v) is 8.76. The maximum atomic E-state index is 5.81. The van der Waals surface area contributed by atoms with Gasteiger partial charge in [0.15, 0.2) is 9.04 Å². The molecule has 90 valence electrons. The standard InChI is InChI=1S/C13H28OSi/c1-4-5-6-11-15(14-3)13-9-7-12(2)8-10-13/h12-13,15H,4-11H2,1-3H3. The van der Waals surface area contributed by atoms with Gasteiger partial charge < -0.3 is 4.43 Å². The van der Waals surface area contributed by atoms with Crippen molar-refractivity contribution in [3.05, 3.63) is 0 Å². The molecule has 0 aromatic carbocycles. The molecule has 0 spiro atoms. The minimum absolute atomic E-state index is 0.853. The Kier molecular flexibility index (Phi) is 6.58. The van der Waals surface area contributed by atoms with Crippen molar-refractivity contribution in [1.29, 1.82) is 0 Å². The normalized spacial score (nSPS) is 29.0. The maximum absolute atomic E-state index is 5.81. The molecular weight excluding hydrogens is 200 g/mol. The van der Waals surface area contributed by atoms with Crippen LogP contribution in [0, 0.1) is 5.92 Å².